The fourth-order valence-electron chi connectivity index (χ4n) is 4.35. The topological polar surface area (TPSA) is 56.0 Å². The van der Waals surface area contributed by atoms with Crippen molar-refractivity contribution in [1.29, 1.82) is 0 Å². The third-order valence-electron chi connectivity index (χ3n) is 6.06. The van der Waals surface area contributed by atoms with E-state index in [0.29, 0.717) is 18.5 Å². The lowest BCUT2D eigenvalue weighted by atomic mass is 10.1. The molecule has 6 rings (SSSR count). The highest BCUT2D eigenvalue weighted by atomic mass is 19.1. The van der Waals surface area contributed by atoms with Crippen LogP contribution in [0, 0.1) is 23.5 Å². The van der Waals surface area contributed by atoms with E-state index in [2.05, 4.69) is 21.9 Å². The first-order valence-corrected chi connectivity index (χ1v) is 10.5. The molecule has 1 aliphatic heterocycles. The largest absolute Gasteiger partial charge is 0.294 e. The fraction of sp³-hybridized carbons (Fsp3) is 0.160. The number of nitrogens with zero attached hydrogens (tertiary/aromatic N) is 5. The Morgan fingerprint density at radius 1 is 1.00 bits per heavy atom. The summed E-state index contributed by atoms with van der Waals surface area (Å²) in [5.74, 6) is 3.77. The van der Waals surface area contributed by atoms with Crippen LogP contribution < -0.4 is 4.90 Å². The number of amides is 1. The molecule has 2 aromatic heterocycles. The third-order valence-corrected chi connectivity index (χ3v) is 6.06. The lowest BCUT2D eigenvalue weighted by Crippen LogP contribution is -2.31. The second-order valence-corrected chi connectivity index (χ2v) is 8.26. The van der Waals surface area contributed by atoms with Gasteiger partial charge in [0, 0.05) is 29.9 Å². The molecular weight excluding hydrogens is 424 g/mol. The molecule has 1 aliphatic carbocycles. The Morgan fingerprint density at radius 3 is 2.33 bits per heavy atom. The maximum Gasteiger partial charge on any atom is 0.260 e. The van der Waals surface area contributed by atoms with Crippen molar-refractivity contribution in [2.45, 2.75) is 18.4 Å². The zero-order chi connectivity index (χ0) is 22.7. The average Bonchev–Trinajstić information content (AvgIpc) is 3.20. The fourth-order valence-corrected chi connectivity index (χ4v) is 4.35. The van der Waals surface area contributed by atoms with Gasteiger partial charge in [0.2, 0.25) is 5.95 Å². The molecule has 6 nitrogen and oxygen atoms in total. The summed E-state index contributed by atoms with van der Waals surface area (Å²) >= 11 is 0. The van der Waals surface area contributed by atoms with Gasteiger partial charge >= 0.3 is 0 Å². The zero-order valence-corrected chi connectivity index (χ0v) is 17.6. The van der Waals surface area contributed by atoms with Crippen LogP contribution in [-0.2, 0) is 17.4 Å². The molecule has 4 aromatic rings. The number of halogens is 2. The number of hydrogen-bond acceptors (Lipinski definition) is 3. The lowest BCUT2D eigenvalue weighted by Gasteiger charge is -2.17. The van der Waals surface area contributed by atoms with Crippen molar-refractivity contribution in [2.24, 2.45) is 7.05 Å². The Kier molecular flexibility index (Phi) is 4.05. The van der Waals surface area contributed by atoms with Crippen molar-refractivity contribution in [1.82, 2.24) is 19.3 Å². The first kappa shape index (κ1) is 19.4. The number of carbonyl (C=O) groups excluding carboxylic acids is 1. The Hall–Kier alpha value is -4.25. The molecule has 3 heterocycles. The minimum atomic E-state index is -0.865. The number of fused-ring (bicyclic) bond motifs is 2. The zero-order valence-electron chi connectivity index (χ0n) is 17.6. The molecule has 162 valence electrons. The average molecular weight is 441 g/mol. The Morgan fingerprint density at radius 2 is 1.70 bits per heavy atom. The summed E-state index contributed by atoms with van der Waals surface area (Å²) in [6.07, 6.45) is 6.27. The van der Waals surface area contributed by atoms with E-state index in [1.165, 1.54) is 0 Å². The lowest BCUT2D eigenvalue weighted by molar-refractivity contribution is -0.120. The number of benzene rings is 2. The van der Waals surface area contributed by atoms with Gasteiger partial charge in [-0.05, 0) is 37.1 Å². The van der Waals surface area contributed by atoms with Crippen molar-refractivity contribution >= 4 is 17.5 Å². The second kappa shape index (κ2) is 6.87. The van der Waals surface area contributed by atoms with Crippen LogP contribution in [0.5, 0.6) is 0 Å². The number of aryl methyl sites for hydroxylation is 1. The summed E-state index contributed by atoms with van der Waals surface area (Å²) < 4.78 is 33.9. The molecule has 0 bridgehead atoms. The van der Waals surface area contributed by atoms with E-state index in [-0.39, 0.29) is 17.4 Å². The smallest absolute Gasteiger partial charge is 0.260 e. The first-order valence-electron chi connectivity index (χ1n) is 10.5. The van der Waals surface area contributed by atoms with Crippen molar-refractivity contribution in [3.05, 3.63) is 83.8 Å². The standard InChI is InChI=1S/C25H17F2N5O/c1-30-15-18(13-29-30)21-14-28-24-31(23(33)25(9-10-25)32(21)24)22-19(26)11-17(12-20(22)27)8-7-16-5-3-2-4-6-16/h2-6,11-15H,9-10H2,1H3. The van der Waals surface area contributed by atoms with E-state index >= 15 is 8.78 Å². The molecule has 0 unspecified atom stereocenters. The number of anilines is 2. The van der Waals surface area contributed by atoms with Gasteiger partial charge < -0.3 is 0 Å². The highest BCUT2D eigenvalue weighted by molar-refractivity contribution is 6.09. The van der Waals surface area contributed by atoms with Gasteiger partial charge in [0.25, 0.3) is 5.91 Å². The van der Waals surface area contributed by atoms with Crippen LogP contribution in [0.3, 0.4) is 0 Å². The SMILES string of the molecule is Cn1cc(-c2cnc3n2C2(CC2)C(=O)N3c2c(F)cc(C#Cc3ccccc3)cc2F)cn1. The number of hydrogen-bond donors (Lipinski definition) is 0. The van der Waals surface area contributed by atoms with Crippen molar-refractivity contribution in [3.8, 4) is 23.1 Å². The molecule has 33 heavy (non-hydrogen) atoms. The molecule has 0 radical (unpaired) electrons. The van der Waals surface area contributed by atoms with Crippen LogP contribution in [0.2, 0.25) is 0 Å². The minimum absolute atomic E-state index is 0.185. The summed E-state index contributed by atoms with van der Waals surface area (Å²) in [4.78, 5) is 18.8. The summed E-state index contributed by atoms with van der Waals surface area (Å²) in [6.45, 7) is 0. The van der Waals surface area contributed by atoms with Gasteiger partial charge in [-0.25, -0.2) is 18.7 Å². The molecule has 0 atom stereocenters. The van der Waals surface area contributed by atoms with E-state index in [9.17, 15) is 4.79 Å². The molecular formula is C25H17F2N5O. The van der Waals surface area contributed by atoms with E-state index < -0.39 is 22.9 Å². The molecule has 2 aromatic carbocycles. The minimum Gasteiger partial charge on any atom is -0.294 e. The van der Waals surface area contributed by atoms with Crippen LogP contribution in [0.1, 0.15) is 24.0 Å². The molecule has 2 aliphatic rings. The van der Waals surface area contributed by atoms with Crippen LogP contribution in [0.15, 0.2) is 61.1 Å². The van der Waals surface area contributed by atoms with Crippen molar-refractivity contribution < 1.29 is 13.6 Å². The van der Waals surface area contributed by atoms with E-state index in [0.717, 1.165) is 28.2 Å². The van der Waals surface area contributed by atoms with Crippen molar-refractivity contribution in [3.63, 3.8) is 0 Å². The van der Waals surface area contributed by atoms with Gasteiger partial charge in [0.15, 0.2) is 11.6 Å². The van der Waals surface area contributed by atoms with E-state index in [1.54, 1.807) is 28.7 Å². The van der Waals surface area contributed by atoms with Gasteiger partial charge in [-0.2, -0.15) is 5.10 Å². The second-order valence-electron chi connectivity index (χ2n) is 8.26. The number of carbonyl (C=O) groups is 1. The predicted molar refractivity (Wildman–Crippen MR) is 118 cm³/mol. The maximum absolute atomic E-state index is 15.2. The summed E-state index contributed by atoms with van der Waals surface area (Å²) in [5.41, 5.74) is 1.10. The van der Waals surface area contributed by atoms with Gasteiger partial charge in [-0.15, -0.1) is 0 Å². The predicted octanol–water partition coefficient (Wildman–Crippen LogP) is 4.13. The normalized spacial score (nSPS) is 15.5. The summed E-state index contributed by atoms with van der Waals surface area (Å²) in [7, 11) is 1.79. The number of rotatable bonds is 2. The molecule has 0 N–H and O–H groups in total. The molecule has 1 spiro atoms. The number of aromatic nitrogens is 4. The monoisotopic (exact) mass is 441 g/mol. The van der Waals surface area contributed by atoms with Gasteiger partial charge in [0.05, 0.1) is 18.1 Å². The van der Waals surface area contributed by atoms with Gasteiger partial charge in [-0.3, -0.25) is 14.0 Å². The third kappa shape index (κ3) is 2.89. The van der Waals surface area contributed by atoms with E-state index in [1.807, 2.05) is 36.5 Å². The highest BCUT2D eigenvalue weighted by Crippen LogP contribution is 2.56. The Labute approximate surface area is 188 Å². The van der Waals surface area contributed by atoms with Crippen LogP contribution in [0.4, 0.5) is 20.4 Å². The van der Waals surface area contributed by atoms with Crippen LogP contribution in [-0.4, -0.2) is 25.2 Å². The summed E-state index contributed by atoms with van der Waals surface area (Å²) in [5, 5.41) is 4.18. The Balaban J connectivity index is 1.43. The Bertz CT molecular complexity index is 1460. The maximum atomic E-state index is 15.2. The molecule has 1 fully saturated rings. The van der Waals surface area contributed by atoms with Crippen molar-refractivity contribution in [2.75, 3.05) is 4.90 Å². The van der Waals surface area contributed by atoms with Gasteiger partial charge in [0.1, 0.15) is 11.2 Å². The molecule has 1 amide bonds. The van der Waals surface area contributed by atoms with Crippen LogP contribution in [0.25, 0.3) is 11.3 Å². The van der Waals surface area contributed by atoms with Crippen LogP contribution >= 0.6 is 0 Å². The molecule has 0 saturated heterocycles. The summed E-state index contributed by atoms with van der Waals surface area (Å²) in [6, 6.07) is 11.5. The van der Waals surface area contributed by atoms with E-state index in [4.69, 9.17) is 0 Å². The van der Waals surface area contributed by atoms with Gasteiger partial charge in [-0.1, -0.05) is 30.0 Å². The molecule has 8 heteroatoms. The number of imidazole rings is 1. The highest BCUT2D eigenvalue weighted by Gasteiger charge is 2.62. The molecule has 1 saturated carbocycles. The quantitative estimate of drug-likeness (QED) is 0.440. The first-order chi connectivity index (χ1) is 16.0.